The predicted octanol–water partition coefficient (Wildman–Crippen LogP) is 3.44. The van der Waals surface area contributed by atoms with Crippen LogP contribution in [-0.4, -0.2) is 12.1 Å². The highest BCUT2D eigenvalue weighted by atomic mass is 19.4. The summed E-state index contributed by atoms with van der Waals surface area (Å²) in [5.74, 6) is -1.53. The smallest absolute Gasteiger partial charge is 0.471 e. The maximum absolute atomic E-state index is 12.2. The number of halogens is 3. The van der Waals surface area contributed by atoms with Crippen molar-refractivity contribution in [3.05, 3.63) is 65.7 Å². The molecule has 22 heavy (non-hydrogen) atoms. The van der Waals surface area contributed by atoms with Gasteiger partial charge < -0.3 is 10.1 Å². The van der Waals surface area contributed by atoms with Crippen LogP contribution in [0.2, 0.25) is 0 Å². The fraction of sp³-hybridized carbons (Fsp3) is 0.188. The quantitative estimate of drug-likeness (QED) is 0.919. The number of alkyl halides is 3. The van der Waals surface area contributed by atoms with Crippen LogP contribution in [0.15, 0.2) is 54.6 Å². The molecule has 0 atom stereocenters. The summed E-state index contributed by atoms with van der Waals surface area (Å²) in [6, 6.07) is 16.0. The van der Waals surface area contributed by atoms with Crippen LogP contribution < -0.4 is 10.1 Å². The highest BCUT2D eigenvalue weighted by molar-refractivity contribution is 5.81. The van der Waals surface area contributed by atoms with E-state index >= 15 is 0 Å². The van der Waals surface area contributed by atoms with Gasteiger partial charge in [-0.3, -0.25) is 4.79 Å². The third-order valence-corrected chi connectivity index (χ3v) is 2.91. The van der Waals surface area contributed by atoms with E-state index in [4.69, 9.17) is 4.74 Å². The zero-order chi connectivity index (χ0) is 16.0. The van der Waals surface area contributed by atoms with Gasteiger partial charge in [0.05, 0.1) is 0 Å². The average molecular weight is 309 g/mol. The van der Waals surface area contributed by atoms with Crippen molar-refractivity contribution >= 4 is 5.91 Å². The minimum absolute atomic E-state index is 0.247. The van der Waals surface area contributed by atoms with E-state index < -0.39 is 12.1 Å². The van der Waals surface area contributed by atoms with Crippen LogP contribution >= 0.6 is 0 Å². The molecule has 0 spiro atoms. The lowest BCUT2D eigenvalue weighted by Gasteiger charge is -2.13. The third kappa shape index (κ3) is 4.51. The molecule has 2 aromatic carbocycles. The molecule has 0 fully saturated rings. The van der Waals surface area contributed by atoms with Gasteiger partial charge in [0.1, 0.15) is 12.4 Å². The van der Waals surface area contributed by atoms with Crippen molar-refractivity contribution < 1.29 is 22.7 Å². The van der Waals surface area contributed by atoms with Gasteiger partial charge in [-0.25, -0.2) is 0 Å². The molecule has 3 nitrogen and oxygen atoms in total. The molecule has 0 aliphatic heterocycles. The summed E-state index contributed by atoms with van der Waals surface area (Å²) in [6.07, 6.45) is -4.89. The number of nitrogens with one attached hydrogen (secondary N) is 1. The molecule has 2 aromatic rings. The number of hydrogen-bond acceptors (Lipinski definition) is 2. The number of ether oxygens (including phenoxy) is 1. The first-order valence-corrected chi connectivity index (χ1v) is 6.56. The van der Waals surface area contributed by atoms with Crippen LogP contribution in [0.4, 0.5) is 13.2 Å². The monoisotopic (exact) mass is 309 g/mol. The van der Waals surface area contributed by atoms with Gasteiger partial charge in [0, 0.05) is 12.1 Å². The Labute approximate surface area is 125 Å². The zero-order valence-corrected chi connectivity index (χ0v) is 11.6. The van der Waals surface area contributed by atoms with Crippen LogP contribution in [0.25, 0.3) is 0 Å². The molecule has 1 N–H and O–H groups in total. The second-order valence-corrected chi connectivity index (χ2v) is 4.56. The van der Waals surface area contributed by atoms with E-state index in [2.05, 4.69) is 0 Å². The molecule has 6 heteroatoms. The second kappa shape index (κ2) is 6.98. The van der Waals surface area contributed by atoms with Crippen molar-refractivity contribution in [1.29, 1.82) is 0 Å². The first kappa shape index (κ1) is 15.9. The minimum Gasteiger partial charge on any atom is -0.489 e. The number of para-hydroxylation sites is 1. The van der Waals surface area contributed by atoms with Crippen LogP contribution in [0.5, 0.6) is 5.75 Å². The maximum Gasteiger partial charge on any atom is 0.471 e. The predicted molar refractivity (Wildman–Crippen MR) is 75.1 cm³/mol. The summed E-state index contributed by atoms with van der Waals surface area (Å²) in [5.41, 5.74) is 1.42. The van der Waals surface area contributed by atoms with E-state index in [9.17, 15) is 18.0 Å². The largest absolute Gasteiger partial charge is 0.489 e. The lowest BCUT2D eigenvalue weighted by molar-refractivity contribution is -0.173. The van der Waals surface area contributed by atoms with Gasteiger partial charge in [-0.15, -0.1) is 0 Å². The Bertz CT molecular complexity index is 627. The van der Waals surface area contributed by atoms with Crippen molar-refractivity contribution in [3.63, 3.8) is 0 Å². The molecule has 0 unspecified atom stereocenters. The molecule has 1 amide bonds. The molecular weight excluding hydrogens is 295 g/mol. The average Bonchev–Trinajstić information content (AvgIpc) is 2.51. The van der Waals surface area contributed by atoms with Crippen molar-refractivity contribution in [3.8, 4) is 5.75 Å². The fourth-order valence-electron chi connectivity index (χ4n) is 1.80. The van der Waals surface area contributed by atoms with Crippen molar-refractivity contribution in [2.75, 3.05) is 0 Å². The number of rotatable bonds is 5. The minimum atomic E-state index is -4.89. The fourth-order valence-corrected chi connectivity index (χ4v) is 1.80. The summed E-state index contributed by atoms with van der Waals surface area (Å²) in [4.78, 5) is 10.9. The first-order valence-electron chi connectivity index (χ1n) is 6.56. The molecule has 0 heterocycles. The lowest BCUT2D eigenvalue weighted by atomic mass is 10.2. The molecule has 0 bridgehead atoms. The van der Waals surface area contributed by atoms with Crippen LogP contribution in [0, 0.1) is 0 Å². The number of carbonyl (C=O) groups is 1. The number of hydrogen-bond donors (Lipinski definition) is 1. The van der Waals surface area contributed by atoms with Crippen molar-refractivity contribution in [2.24, 2.45) is 0 Å². The third-order valence-electron chi connectivity index (χ3n) is 2.91. The van der Waals surface area contributed by atoms with E-state index in [1.165, 1.54) is 0 Å². The van der Waals surface area contributed by atoms with Gasteiger partial charge in [0.25, 0.3) is 0 Å². The van der Waals surface area contributed by atoms with Crippen molar-refractivity contribution in [1.82, 2.24) is 5.32 Å². The summed E-state index contributed by atoms with van der Waals surface area (Å²) in [6.45, 7) is 0.0500. The van der Waals surface area contributed by atoms with E-state index in [1.807, 2.05) is 35.6 Å². The lowest BCUT2D eigenvalue weighted by Crippen LogP contribution is -2.36. The van der Waals surface area contributed by atoms with Crippen LogP contribution in [0.1, 0.15) is 11.1 Å². The number of carbonyl (C=O) groups excluding carboxylic acids is 1. The van der Waals surface area contributed by atoms with E-state index in [0.29, 0.717) is 17.9 Å². The number of amides is 1. The molecule has 0 radical (unpaired) electrons. The highest BCUT2D eigenvalue weighted by Gasteiger charge is 2.38. The molecule has 0 saturated heterocycles. The topological polar surface area (TPSA) is 38.3 Å². The Morgan fingerprint density at radius 3 is 2.32 bits per heavy atom. The Morgan fingerprint density at radius 2 is 1.64 bits per heavy atom. The van der Waals surface area contributed by atoms with Gasteiger partial charge in [0.15, 0.2) is 0 Å². The summed E-state index contributed by atoms with van der Waals surface area (Å²) in [5, 5.41) is 1.83. The normalized spacial score (nSPS) is 11.0. The molecule has 2 rings (SSSR count). The molecule has 0 aromatic heterocycles. The van der Waals surface area contributed by atoms with Gasteiger partial charge in [-0.05, 0) is 11.6 Å². The standard InChI is InChI=1S/C16H14F3NO2/c17-16(18,19)15(21)20-10-13-8-4-5-9-14(13)22-11-12-6-2-1-3-7-12/h1-9H,10-11H2,(H,20,21). The van der Waals surface area contributed by atoms with Gasteiger partial charge >= 0.3 is 12.1 Å². The Hall–Kier alpha value is -2.50. The van der Waals surface area contributed by atoms with Gasteiger partial charge in [0.2, 0.25) is 0 Å². The van der Waals surface area contributed by atoms with Crippen LogP contribution in [-0.2, 0) is 17.9 Å². The Balaban J connectivity index is 1.99. The summed E-state index contributed by atoms with van der Waals surface area (Å²) in [7, 11) is 0. The number of benzene rings is 2. The summed E-state index contributed by atoms with van der Waals surface area (Å²) >= 11 is 0. The zero-order valence-electron chi connectivity index (χ0n) is 11.6. The Morgan fingerprint density at radius 1 is 1.00 bits per heavy atom. The molecular formula is C16H14F3NO2. The van der Waals surface area contributed by atoms with Crippen molar-refractivity contribution in [2.45, 2.75) is 19.3 Å². The summed E-state index contributed by atoms with van der Waals surface area (Å²) < 4.78 is 42.1. The SMILES string of the molecule is O=C(NCc1ccccc1OCc1ccccc1)C(F)(F)F. The van der Waals surface area contributed by atoms with E-state index in [-0.39, 0.29) is 6.54 Å². The second-order valence-electron chi connectivity index (χ2n) is 4.56. The highest BCUT2D eigenvalue weighted by Crippen LogP contribution is 2.20. The first-order chi connectivity index (χ1) is 10.5. The van der Waals surface area contributed by atoms with E-state index in [0.717, 1.165) is 5.56 Å². The van der Waals surface area contributed by atoms with Gasteiger partial charge in [-0.2, -0.15) is 13.2 Å². The maximum atomic E-state index is 12.2. The molecule has 116 valence electrons. The van der Waals surface area contributed by atoms with E-state index in [1.54, 1.807) is 24.3 Å². The van der Waals surface area contributed by atoms with Crippen LogP contribution in [0.3, 0.4) is 0 Å². The molecule has 0 saturated carbocycles. The molecule has 0 aliphatic carbocycles. The molecule has 0 aliphatic rings. The Kier molecular flexibility index (Phi) is 5.04. The van der Waals surface area contributed by atoms with Gasteiger partial charge in [-0.1, -0.05) is 48.5 Å².